The normalized spacial score (nSPS) is 21.5. The Morgan fingerprint density at radius 1 is 1.17 bits per heavy atom. The highest BCUT2D eigenvalue weighted by molar-refractivity contribution is 8.01. The predicted octanol–water partition coefficient (Wildman–Crippen LogP) is -1.00. The van der Waals surface area contributed by atoms with E-state index >= 15 is 0 Å². The number of nitrogens with zero attached hydrogens (tertiary/aromatic N) is 5. The first kappa shape index (κ1) is 33.5. The largest absolute Gasteiger partial charge is 0.504 e. The van der Waals surface area contributed by atoms with Crippen molar-refractivity contribution in [1.29, 1.82) is 0 Å². The topological polar surface area (TPSA) is 252 Å². The number of likely N-dealkylation sites (N-methyl/N-ethyl adjacent to an activating group) is 1. The van der Waals surface area contributed by atoms with Crippen molar-refractivity contribution in [2.24, 2.45) is 0 Å². The molecule has 2 saturated heterocycles. The van der Waals surface area contributed by atoms with Crippen molar-refractivity contribution in [1.82, 2.24) is 40.8 Å². The molecule has 0 spiro atoms. The van der Waals surface area contributed by atoms with E-state index in [-0.39, 0.29) is 48.8 Å². The van der Waals surface area contributed by atoms with Gasteiger partial charge in [-0.05, 0) is 30.2 Å². The number of hydrogen-bond donors (Lipinski definition) is 6. The summed E-state index contributed by atoms with van der Waals surface area (Å²) >= 11 is 3.55. The van der Waals surface area contributed by atoms with Gasteiger partial charge in [0.05, 0.1) is 0 Å². The number of benzene rings is 1. The number of rotatable bonds is 11. The quantitative estimate of drug-likeness (QED) is 0.0409. The van der Waals surface area contributed by atoms with E-state index in [4.69, 9.17) is 0 Å². The molecule has 6 N–H and O–H groups in total. The number of fused-ring (bicyclic) bond motifs is 1. The summed E-state index contributed by atoms with van der Waals surface area (Å²) in [7, 11) is 0. The second-order valence-corrected chi connectivity index (χ2v) is 13.2. The number of carboxylic acid groups (broad SMARTS) is 1. The molecule has 2 fully saturated rings. The van der Waals surface area contributed by atoms with Crippen LogP contribution in [-0.2, 0) is 28.8 Å². The highest BCUT2D eigenvalue weighted by Gasteiger charge is 2.66. The SMILES string of the molecule is CCN1CCN(C(=O)NC(C(=O)N[C@]2(NC=O)C(=O)N3C(C(=O)O)=C(CSc4nncs4)CS[C@H]32)c2ccc(O)c(O)c2)C(=O)C1=O. The number of imide groups is 1. The molecule has 1 unspecified atom stereocenters. The molecule has 3 aliphatic heterocycles. The Morgan fingerprint density at radius 3 is 2.57 bits per heavy atom. The summed E-state index contributed by atoms with van der Waals surface area (Å²) in [6.45, 7) is 1.74. The lowest BCUT2D eigenvalue weighted by molar-refractivity contribution is -0.163. The summed E-state index contributed by atoms with van der Waals surface area (Å²) in [5, 5.41) is 43.5. The molecule has 3 aliphatic rings. The van der Waals surface area contributed by atoms with Crippen LogP contribution in [0.1, 0.15) is 18.5 Å². The number of hydrogen-bond acceptors (Lipinski definition) is 14. The van der Waals surface area contributed by atoms with E-state index in [1.807, 2.05) is 0 Å². The number of urea groups is 1. The zero-order chi connectivity index (χ0) is 34.0. The summed E-state index contributed by atoms with van der Waals surface area (Å²) in [5.41, 5.74) is -0.690. The van der Waals surface area contributed by atoms with E-state index in [0.717, 1.165) is 28.8 Å². The number of carbonyl (C=O) groups excluding carboxylic acids is 6. The van der Waals surface area contributed by atoms with Gasteiger partial charge in [-0.2, -0.15) is 0 Å². The van der Waals surface area contributed by atoms with E-state index in [1.165, 1.54) is 39.6 Å². The molecular weight excluding hydrogens is 681 g/mol. The number of nitrogens with one attached hydrogen (secondary N) is 3. The third kappa shape index (κ3) is 6.15. The van der Waals surface area contributed by atoms with Crippen LogP contribution in [0.25, 0.3) is 0 Å². The smallest absolute Gasteiger partial charge is 0.352 e. The van der Waals surface area contributed by atoms with Crippen molar-refractivity contribution < 1.29 is 48.9 Å². The highest BCUT2D eigenvalue weighted by Crippen LogP contribution is 2.46. The fourth-order valence-corrected chi connectivity index (χ4v) is 8.19. The Morgan fingerprint density at radius 2 is 1.94 bits per heavy atom. The van der Waals surface area contributed by atoms with Crippen LogP contribution < -0.4 is 16.0 Å². The molecule has 1 aromatic carbocycles. The maximum absolute atomic E-state index is 13.9. The molecule has 7 amide bonds. The van der Waals surface area contributed by atoms with E-state index in [9.17, 15) is 48.9 Å². The lowest BCUT2D eigenvalue weighted by Gasteiger charge is -2.56. The number of carboxylic acids is 1. The molecule has 248 valence electrons. The highest BCUT2D eigenvalue weighted by atomic mass is 32.2. The monoisotopic (exact) mass is 706 g/mol. The standard InChI is InChI=1S/C26H26N8O10S3/c1-2-32-5-6-33(20(40)19(32)39)24(44)29-16(12-3-4-14(36)15(37)7-12)18(38)30-26(27-10-35)22(43)34-17(21(41)42)13(8-45-23(26)34)9-46-25-31-28-11-47-25/h3-4,7,10-11,16,23,36-37H,2,5-6,8-9H2,1H3,(H,27,35)(H,29,44)(H,30,38)(H,41,42)/t16?,23-,26+/m0/s1. The number of amides is 7. The Balaban J connectivity index is 1.42. The maximum atomic E-state index is 13.9. The third-order valence-corrected chi connectivity index (χ3v) is 10.8. The minimum Gasteiger partial charge on any atom is -0.504 e. The van der Waals surface area contributed by atoms with Gasteiger partial charge in [-0.25, -0.2) is 9.59 Å². The van der Waals surface area contributed by atoms with Crippen LogP contribution in [0.5, 0.6) is 11.5 Å². The molecule has 3 atom stereocenters. The molecular formula is C26H26N8O10S3. The van der Waals surface area contributed by atoms with Crippen molar-refractivity contribution >= 4 is 76.9 Å². The Kier molecular flexibility index (Phi) is 9.58. The number of aromatic nitrogens is 2. The van der Waals surface area contributed by atoms with Gasteiger partial charge in [0.1, 0.15) is 22.6 Å². The maximum Gasteiger partial charge on any atom is 0.352 e. The Hall–Kier alpha value is -4.89. The van der Waals surface area contributed by atoms with Crippen LogP contribution >= 0.6 is 34.9 Å². The van der Waals surface area contributed by atoms with Crippen molar-refractivity contribution in [3.63, 3.8) is 0 Å². The Bertz CT molecular complexity index is 1690. The average Bonchev–Trinajstić information content (AvgIpc) is 3.58. The van der Waals surface area contributed by atoms with E-state index in [2.05, 4.69) is 26.1 Å². The first-order chi connectivity index (χ1) is 22.4. The minimum absolute atomic E-state index is 0.0433. The molecule has 0 radical (unpaired) electrons. The van der Waals surface area contributed by atoms with Gasteiger partial charge in [-0.3, -0.25) is 33.8 Å². The van der Waals surface area contributed by atoms with Crippen molar-refractivity contribution in [3.8, 4) is 11.5 Å². The van der Waals surface area contributed by atoms with Crippen molar-refractivity contribution in [3.05, 3.63) is 40.5 Å². The molecule has 5 rings (SSSR count). The number of thioether (sulfide) groups is 2. The number of phenolic OH excluding ortho intramolecular Hbond substituents is 2. The second kappa shape index (κ2) is 13.5. The van der Waals surface area contributed by atoms with Gasteiger partial charge >= 0.3 is 23.8 Å². The van der Waals surface area contributed by atoms with Gasteiger partial charge in [0.15, 0.2) is 15.8 Å². The number of β-lactam (4-membered cyclic amide) rings is 1. The fourth-order valence-electron chi connectivity index (χ4n) is 5.14. The summed E-state index contributed by atoms with van der Waals surface area (Å²) in [5.74, 6) is -6.51. The van der Waals surface area contributed by atoms with Crippen molar-refractivity contribution in [2.75, 3.05) is 31.1 Å². The molecule has 47 heavy (non-hydrogen) atoms. The van der Waals surface area contributed by atoms with E-state index < -0.39 is 64.2 Å². The van der Waals surface area contributed by atoms with Gasteiger partial charge < -0.3 is 36.2 Å². The summed E-state index contributed by atoms with van der Waals surface area (Å²) < 4.78 is 0.584. The molecule has 21 heteroatoms. The zero-order valence-electron chi connectivity index (χ0n) is 24.2. The molecule has 0 bridgehead atoms. The number of carbonyl (C=O) groups is 7. The van der Waals surface area contributed by atoms with Gasteiger partial charge in [-0.15, -0.1) is 22.0 Å². The van der Waals surface area contributed by atoms with E-state index in [1.54, 1.807) is 6.92 Å². The van der Waals surface area contributed by atoms with Gasteiger partial charge in [0.25, 0.3) is 5.91 Å². The summed E-state index contributed by atoms with van der Waals surface area (Å²) in [4.78, 5) is 92.8. The predicted molar refractivity (Wildman–Crippen MR) is 163 cm³/mol. The van der Waals surface area contributed by atoms with Crippen LogP contribution in [0.15, 0.2) is 39.3 Å². The van der Waals surface area contributed by atoms with Gasteiger partial charge in [0, 0.05) is 31.1 Å². The van der Waals surface area contributed by atoms with Crippen molar-refractivity contribution in [2.45, 2.75) is 28.3 Å². The Labute approximate surface area is 277 Å². The van der Waals surface area contributed by atoms with Crippen LogP contribution in [0.4, 0.5) is 4.79 Å². The molecule has 4 heterocycles. The second-order valence-electron chi connectivity index (χ2n) is 10.1. The third-order valence-electron chi connectivity index (χ3n) is 7.47. The van der Waals surface area contributed by atoms with E-state index in [0.29, 0.717) is 14.8 Å². The summed E-state index contributed by atoms with van der Waals surface area (Å²) in [6, 6.07) is 0.267. The first-order valence-electron chi connectivity index (χ1n) is 13.7. The lowest BCUT2D eigenvalue weighted by Crippen LogP contribution is -2.85. The molecule has 0 saturated carbocycles. The van der Waals surface area contributed by atoms with Gasteiger partial charge in [-0.1, -0.05) is 29.2 Å². The number of phenols is 2. The van der Waals surface area contributed by atoms with Crippen LogP contribution in [0.2, 0.25) is 0 Å². The van der Waals surface area contributed by atoms with Crippen LogP contribution in [-0.4, -0.2) is 124 Å². The van der Waals surface area contributed by atoms with Gasteiger partial charge in [0.2, 0.25) is 18.0 Å². The zero-order valence-corrected chi connectivity index (χ0v) is 26.7. The molecule has 18 nitrogen and oxygen atoms in total. The average molecular weight is 707 g/mol. The van der Waals surface area contributed by atoms with Crippen LogP contribution in [0, 0.1) is 0 Å². The fraction of sp³-hybridized carbons (Fsp3) is 0.346. The summed E-state index contributed by atoms with van der Waals surface area (Å²) in [6.07, 6.45) is 0.151. The lowest BCUT2D eigenvalue weighted by atomic mass is 9.94. The number of piperazine rings is 1. The van der Waals surface area contributed by atoms with Crippen LogP contribution in [0.3, 0.4) is 0 Å². The number of aliphatic carboxylic acids is 1. The molecule has 1 aromatic heterocycles. The molecule has 2 aromatic rings. The minimum atomic E-state index is -2.16. The molecule has 0 aliphatic carbocycles. The first-order valence-corrected chi connectivity index (χ1v) is 16.6. The number of aromatic hydroxyl groups is 2.